The molecule has 2 heterocycles. The number of aromatic nitrogens is 3. The van der Waals surface area contributed by atoms with Crippen molar-refractivity contribution >= 4 is 17.9 Å². The van der Waals surface area contributed by atoms with E-state index in [2.05, 4.69) is 21.8 Å². The van der Waals surface area contributed by atoms with Crippen LogP contribution in [0.25, 0.3) is 11.6 Å². The van der Waals surface area contributed by atoms with Gasteiger partial charge in [0.25, 0.3) is 5.89 Å². The van der Waals surface area contributed by atoms with Crippen LogP contribution >= 0.6 is 0 Å². The number of carbonyl (C=O) groups is 2. The van der Waals surface area contributed by atoms with Crippen LogP contribution < -0.4 is 9.64 Å². The molecular weight excluding hydrogens is 721 g/mol. The molecule has 55 heavy (non-hydrogen) atoms. The fourth-order valence-electron chi connectivity index (χ4n) is 4.96. The fraction of sp³-hybridized carbons (Fsp3) is 0.425. The van der Waals surface area contributed by atoms with Gasteiger partial charge >= 0.3 is 18.4 Å². The Bertz CT molecular complexity index is 1850. The van der Waals surface area contributed by atoms with E-state index in [4.69, 9.17) is 28.1 Å². The monoisotopic (exact) mass is 768 g/mol. The summed E-state index contributed by atoms with van der Waals surface area (Å²) in [6.07, 6.45) is -7.59. The summed E-state index contributed by atoms with van der Waals surface area (Å²) in [7, 11) is 0. The number of halogens is 3. The zero-order chi connectivity index (χ0) is 40.4. The van der Waals surface area contributed by atoms with E-state index in [1.165, 1.54) is 47.6 Å². The molecule has 2 aromatic carbocycles. The number of alkyl halides is 3. The lowest BCUT2D eigenvalue weighted by molar-refractivity contribution is -0.139. The number of hydrogen-bond acceptors (Lipinski definition) is 11. The van der Waals surface area contributed by atoms with Crippen molar-refractivity contribution in [2.24, 2.45) is 0 Å². The lowest BCUT2D eigenvalue weighted by atomic mass is 10.1. The normalized spacial score (nSPS) is 13.1. The molecule has 0 aliphatic rings. The van der Waals surface area contributed by atoms with Crippen molar-refractivity contribution in [2.75, 3.05) is 11.5 Å². The van der Waals surface area contributed by atoms with Gasteiger partial charge in [0.15, 0.2) is 5.69 Å². The highest BCUT2D eigenvalue weighted by Gasteiger charge is 2.42. The Morgan fingerprint density at radius 2 is 1.44 bits per heavy atom. The van der Waals surface area contributed by atoms with Crippen molar-refractivity contribution in [1.82, 2.24) is 15.2 Å². The first-order valence-corrected chi connectivity index (χ1v) is 17.6. The number of rotatable bonds is 15. The van der Waals surface area contributed by atoms with Crippen molar-refractivity contribution in [2.45, 2.75) is 104 Å². The number of pyridine rings is 1. The number of anilines is 1. The highest BCUT2D eigenvalue weighted by atomic mass is 19.4. The number of hydrogen-bond donors (Lipinski definition) is 0. The van der Waals surface area contributed by atoms with Gasteiger partial charge in [-0.1, -0.05) is 73.7 Å². The lowest BCUT2D eigenvalue weighted by Crippen LogP contribution is -2.44. The Kier molecular flexibility index (Phi) is 14.2. The van der Waals surface area contributed by atoms with Crippen LogP contribution in [0.5, 0.6) is 5.88 Å². The first-order chi connectivity index (χ1) is 25.9. The molecule has 0 fully saturated rings. The average Bonchev–Trinajstić information content (AvgIpc) is 3.58. The van der Waals surface area contributed by atoms with Gasteiger partial charge in [0.2, 0.25) is 11.8 Å². The highest BCUT2D eigenvalue weighted by Crippen LogP contribution is 2.43. The third kappa shape index (κ3) is 12.6. The molecule has 0 bridgehead atoms. The van der Waals surface area contributed by atoms with E-state index in [0.717, 1.165) is 11.1 Å². The highest BCUT2D eigenvalue weighted by molar-refractivity contribution is 6.11. The standard InChI is InChI=1S/C40H47F3N4O8/c1-9-17-28(25-50-23-26-18-13-11-14-19-26)52-33-29(40(41,42)43)22-30(47(36(48)54-38(3,4)5)37(49)55-39(6,7)8)32(44-33)35-46-45-34(53-35)31(10-2)51-24-27-20-15-12-16-21-27/h9,11-16,18-22,28,31H,1,10,17,23-25H2,2-8H3/t28-,31-/m1/s1. The molecule has 2 aromatic heterocycles. The largest absolute Gasteiger partial charge is 0.471 e. The molecule has 15 heteroatoms. The maximum absolute atomic E-state index is 15.0. The van der Waals surface area contributed by atoms with Gasteiger partial charge < -0.3 is 28.1 Å². The van der Waals surface area contributed by atoms with Gasteiger partial charge in [-0.3, -0.25) is 0 Å². The number of ether oxygens (including phenoxy) is 5. The van der Waals surface area contributed by atoms with Crippen LogP contribution in [-0.2, 0) is 38.3 Å². The quantitative estimate of drug-likeness (QED) is 0.107. The Balaban J connectivity index is 1.86. The summed E-state index contributed by atoms with van der Waals surface area (Å²) in [6, 6.07) is 19.1. The van der Waals surface area contributed by atoms with E-state index in [0.29, 0.717) is 17.4 Å². The van der Waals surface area contributed by atoms with Gasteiger partial charge in [-0.25, -0.2) is 14.6 Å². The molecule has 12 nitrogen and oxygen atoms in total. The lowest BCUT2D eigenvalue weighted by Gasteiger charge is -2.30. The molecule has 0 saturated carbocycles. The van der Waals surface area contributed by atoms with Crippen LogP contribution in [-0.4, -0.2) is 51.3 Å². The summed E-state index contributed by atoms with van der Waals surface area (Å²) < 4.78 is 79.6. The molecule has 0 aliphatic heterocycles. The Morgan fingerprint density at radius 3 is 1.95 bits per heavy atom. The van der Waals surface area contributed by atoms with Gasteiger partial charge in [-0.05, 0) is 65.2 Å². The van der Waals surface area contributed by atoms with E-state index in [1.807, 2.05) is 67.6 Å². The van der Waals surface area contributed by atoms with Gasteiger partial charge in [-0.15, -0.1) is 16.8 Å². The molecule has 0 N–H and O–H groups in total. The summed E-state index contributed by atoms with van der Waals surface area (Å²) in [5, 5.41) is 8.20. The average molecular weight is 769 g/mol. The predicted octanol–water partition coefficient (Wildman–Crippen LogP) is 10.0. The van der Waals surface area contributed by atoms with Crippen molar-refractivity contribution in [3.05, 3.63) is 102 Å². The van der Waals surface area contributed by atoms with Crippen LogP contribution in [0.1, 0.15) is 90.0 Å². The third-order valence-electron chi connectivity index (χ3n) is 7.37. The maximum Gasteiger partial charge on any atom is 0.424 e. The topological polar surface area (TPSA) is 135 Å². The van der Waals surface area contributed by atoms with Crippen LogP contribution in [0.3, 0.4) is 0 Å². The summed E-state index contributed by atoms with van der Waals surface area (Å²) in [6.45, 7) is 14.9. The zero-order valence-electron chi connectivity index (χ0n) is 32.0. The molecule has 0 aliphatic carbocycles. The minimum atomic E-state index is -5.11. The molecule has 0 unspecified atom stereocenters. The van der Waals surface area contributed by atoms with E-state index < -0.39 is 70.5 Å². The van der Waals surface area contributed by atoms with Gasteiger partial charge in [0.05, 0.1) is 25.5 Å². The second kappa shape index (κ2) is 18.4. The molecule has 0 radical (unpaired) electrons. The van der Waals surface area contributed by atoms with Crippen molar-refractivity contribution in [3.63, 3.8) is 0 Å². The summed E-state index contributed by atoms with van der Waals surface area (Å²) in [5.74, 6) is -1.37. The SMILES string of the molecule is C=CC[C@H](COCc1ccccc1)Oc1nc(-c2nnc([C@@H](CC)OCc3ccccc3)o2)c(N(C(=O)OC(C)(C)C)C(=O)OC(C)(C)C)cc1C(F)(F)F. The first kappa shape index (κ1) is 42.5. The van der Waals surface area contributed by atoms with Gasteiger partial charge in [-0.2, -0.15) is 18.1 Å². The van der Waals surface area contributed by atoms with E-state index >= 15 is 0 Å². The summed E-state index contributed by atoms with van der Waals surface area (Å²) >= 11 is 0. The minimum Gasteiger partial charge on any atom is -0.471 e. The summed E-state index contributed by atoms with van der Waals surface area (Å²) in [5.41, 5.74) is -3.27. The molecule has 4 aromatic rings. The molecule has 2 atom stereocenters. The number of nitrogens with zero attached hydrogens (tertiary/aromatic N) is 4. The molecule has 0 spiro atoms. The van der Waals surface area contributed by atoms with Crippen LogP contribution in [0.2, 0.25) is 0 Å². The van der Waals surface area contributed by atoms with E-state index in [-0.39, 0.29) is 32.1 Å². The second-order valence-electron chi connectivity index (χ2n) is 14.4. The Hall–Kier alpha value is -5.28. The smallest absolute Gasteiger partial charge is 0.424 e. The summed E-state index contributed by atoms with van der Waals surface area (Å²) in [4.78, 5) is 32.0. The number of amides is 2. The van der Waals surface area contributed by atoms with Crippen molar-refractivity contribution in [1.29, 1.82) is 0 Å². The van der Waals surface area contributed by atoms with Gasteiger partial charge in [0, 0.05) is 6.42 Å². The first-order valence-electron chi connectivity index (χ1n) is 17.6. The molecule has 296 valence electrons. The zero-order valence-corrected chi connectivity index (χ0v) is 32.0. The third-order valence-corrected chi connectivity index (χ3v) is 7.37. The van der Waals surface area contributed by atoms with Gasteiger partial charge in [0.1, 0.15) is 29.0 Å². The maximum atomic E-state index is 15.0. The minimum absolute atomic E-state index is 0.0246. The number of benzene rings is 2. The van der Waals surface area contributed by atoms with E-state index in [1.54, 1.807) is 0 Å². The Morgan fingerprint density at radius 1 is 0.873 bits per heavy atom. The number of imide groups is 1. The molecule has 4 rings (SSSR count). The van der Waals surface area contributed by atoms with Crippen molar-refractivity contribution in [3.8, 4) is 17.5 Å². The molecule has 0 saturated heterocycles. The molecular formula is C40H47F3N4O8. The second-order valence-corrected chi connectivity index (χ2v) is 14.4. The van der Waals surface area contributed by atoms with Crippen LogP contribution in [0.4, 0.5) is 28.4 Å². The molecule has 2 amide bonds. The van der Waals surface area contributed by atoms with Crippen LogP contribution in [0, 0.1) is 0 Å². The fourth-order valence-corrected chi connectivity index (χ4v) is 4.96. The number of carbonyl (C=O) groups excluding carboxylic acids is 2. The van der Waals surface area contributed by atoms with Crippen LogP contribution in [0.15, 0.2) is 83.8 Å². The van der Waals surface area contributed by atoms with Crippen molar-refractivity contribution < 1.29 is 50.9 Å². The Labute approximate surface area is 318 Å². The van der Waals surface area contributed by atoms with E-state index in [9.17, 15) is 22.8 Å². The predicted molar refractivity (Wildman–Crippen MR) is 197 cm³/mol.